The molecule has 4 heteroatoms. The first kappa shape index (κ1) is 12.9. The summed E-state index contributed by atoms with van der Waals surface area (Å²) in [7, 11) is 0. The van der Waals surface area contributed by atoms with Crippen molar-refractivity contribution in [1.82, 2.24) is 4.90 Å². The Balaban J connectivity index is 1.97. The molecule has 0 spiro atoms. The van der Waals surface area contributed by atoms with Gasteiger partial charge in [-0.05, 0) is 37.0 Å². The lowest BCUT2D eigenvalue weighted by molar-refractivity contribution is 0.205. The van der Waals surface area contributed by atoms with Gasteiger partial charge in [-0.1, -0.05) is 19.1 Å². The molecule has 1 aromatic rings. The van der Waals surface area contributed by atoms with Gasteiger partial charge in [-0.25, -0.2) is 4.79 Å². The van der Waals surface area contributed by atoms with Crippen LogP contribution in [0.3, 0.4) is 0 Å². The van der Waals surface area contributed by atoms with Crippen LogP contribution in [0.15, 0.2) is 24.3 Å². The molecule has 0 aliphatic carbocycles. The quantitative estimate of drug-likeness (QED) is 0.862. The smallest absolute Gasteiger partial charge is 0.322 e. The number of carbonyl (C=O) groups excluding carboxylic acids is 1. The van der Waals surface area contributed by atoms with Crippen molar-refractivity contribution < 1.29 is 4.79 Å². The highest BCUT2D eigenvalue weighted by molar-refractivity contribution is 5.89. The highest BCUT2D eigenvalue weighted by Crippen LogP contribution is 2.21. The van der Waals surface area contributed by atoms with Crippen molar-refractivity contribution in [2.45, 2.75) is 38.8 Å². The van der Waals surface area contributed by atoms with Crippen molar-refractivity contribution in [2.75, 3.05) is 11.9 Å². The van der Waals surface area contributed by atoms with Gasteiger partial charge in [-0.3, -0.25) is 0 Å². The van der Waals surface area contributed by atoms with Crippen LogP contribution in [-0.2, 0) is 6.54 Å². The van der Waals surface area contributed by atoms with Gasteiger partial charge in [0.15, 0.2) is 0 Å². The minimum Gasteiger partial charge on any atom is -0.326 e. The molecule has 0 radical (unpaired) electrons. The van der Waals surface area contributed by atoms with E-state index in [1.807, 2.05) is 29.2 Å². The molecule has 1 aliphatic rings. The zero-order valence-corrected chi connectivity index (χ0v) is 10.9. The molecule has 0 aromatic heterocycles. The first-order valence-electron chi connectivity index (χ1n) is 6.61. The number of rotatable bonds is 3. The summed E-state index contributed by atoms with van der Waals surface area (Å²) in [5.74, 6) is 0. The van der Waals surface area contributed by atoms with Gasteiger partial charge in [0.25, 0.3) is 0 Å². The molecule has 1 unspecified atom stereocenters. The van der Waals surface area contributed by atoms with Gasteiger partial charge < -0.3 is 16.0 Å². The number of urea groups is 1. The molecular weight excluding hydrogens is 226 g/mol. The molecule has 2 rings (SSSR count). The average Bonchev–Trinajstić information content (AvgIpc) is 2.88. The van der Waals surface area contributed by atoms with Crippen LogP contribution >= 0.6 is 0 Å². The second-order valence-corrected chi connectivity index (χ2v) is 4.73. The van der Waals surface area contributed by atoms with Crippen molar-refractivity contribution in [1.29, 1.82) is 0 Å². The van der Waals surface area contributed by atoms with Crippen LogP contribution in [0.25, 0.3) is 0 Å². The normalized spacial score (nSPS) is 19.0. The molecule has 18 heavy (non-hydrogen) atoms. The number of hydrogen-bond acceptors (Lipinski definition) is 2. The van der Waals surface area contributed by atoms with E-state index in [9.17, 15) is 4.79 Å². The standard InChI is InChI=1S/C14H21N3O/c1-2-13-4-3-9-17(13)14(18)16-12-7-5-11(10-15)6-8-12/h5-8,13H,2-4,9-10,15H2,1H3,(H,16,18). The van der Waals surface area contributed by atoms with Crippen molar-refractivity contribution in [3.05, 3.63) is 29.8 Å². The van der Waals surface area contributed by atoms with Gasteiger partial charge in [0, 0.05) is 24.8 Å². The molecule has 0 saturated carbocycles. The van der Waals surface area contributed by atoms with E-state index in [4.69, 9.17) is 5.73 Å². The third-order valence-corrected chi connectivity index (χ3v) is 3.55. The number of nitrogens with one attached hydrogen (secondary N) is 1. The van der Waals surface area contributed by atoms with Gasteiger partial charge in [0.1, 0.15) is 0 Å². The summed E-state index contributed by atoms with van der Waals surface area (Å²) in [6.45, 7) is 3.52. The highest BCUT2D eigenvalue weighted by Gasteiger charge is 2.27. The summed E-state index contributed by atoms with van der Waals surface area (Å²) < 4.78 is 0. The van der Waals surface area contributed by atoms with Crippen LogP contribution in [-0.4, -0.2) is 23.5 Å². The van der Waals surface area contributed by atoms with Gasteiger partial charge in [-0.2, -0.15) is 0 Å². The van der Waals surface area contributed by atoms with Crippen LogP contribution < -0.4 is 11.1 Å². The SMILES string of the molecule is CCC1CCCN1C(=O)Nc1ccc(CN)cc1. The molecule has 1 aromatic carbocycles. The van der Waals surface area contributed by atoms with E-state index in [0.29, 0.717) is 12.6 Å². The Bertz CT molecular complexity index is 402. The number of likely N-dealkylation sites (tertiary alicyclic amines) is 1. The lowest BCUT2D eigenvalue weighted by Crippen LogP contribution is -2.38. The predicted molar refractivity (Wildman–Crippen MR) is 73.4 cm³/mol. The second kappa shape index (κ2) is 5.87. The Morgan fingerprint density at radius 3 is 2.78 bits per heavy atom. The number of amides is 2. The van der Waals surface area contributed by atoms with Crippen LogP contribution in [0.2, 0.25) is 0 Å². The monoisotopic (exact) mass is 247 g/mol. The summed E-state index contributed by atoms with van der Waals surface area (Å²) in [4.78, 5) is 14.1. The van der Waals surface area contributed by atoms with Crippen molar-refractivity contribution in [3.63, 3.8) is 0 Å². The van der Waals surface area contributed by atoms with E-state index < -0.39 is 0 Å². The van der Waals surface area contributed by atoms with Crippen LogP contribution in [0.4, 0.5) is 10.5 Å². The maximum atomic E-state index is 12.1. The molecular formula is C14H21N3O. The van der Waals surface area contributed by atoms with E-state index in [1.165, 1.54) is 0 Å². The summed E-state index contributed by atoms with van der Waals surface area (Å²) in [5, 5.41) is 2.95. The first-order valence-corrected chi connectivity index (χ1v) is 6.61. The maximum Gasteiger partial charge on any atom is 0.322 e. The summed E-state index contributed by atoms with van der Waals surface area (Å²) in [6.07, 6.45) is 3.26. The molecule has 4 nitrogen and oxygen atoms in total. The van der Waals surface area contributed by atoms with E-state index >= 15 is 0 Å². The van der Waals surface area contributed by atoms with Gasteiger partial charge in [0.2, 0.25) is 0 Å². The predicted octanol–water partition coefficient (Wildman–Crippen LogP) is 2.55. The zero-order chi connectivity index (χ0) is 13.0. The van der Waals surface area contributed by atoms with Crippen molar-refractivity contribution >= 4 is 11.7 Å². The number of hydrogen-bond donors (Lipinski definition) is 2. The average molecular weight is 247 g/mol. The van der Waals surface area contributed by atoms with Crippen LogP contribution in [0, 0.1) is 0 Å². The van der Waals surface area contributed by atoms with Gasteiger partial charge in [-0.15, -0.1) is 0 Å². The maximum absolute atomic E-state index is 12.1. The lowest BCUT2D eigenvalue weighted by atomic mass is 10.2. The summed E-state index contributed by atoms with van der Waals surface area (Å²) in [6, 6.07) is 8.09. The Kier molecular flexibility index (Phi) is 4.20. The summed E-state index contributed by atoms with van der Waals surface area (Å²) >= 11 is 0. The largest absolute Gasteiger partial charge is 0.326 e. The number of benzene rings is 1. The zero-order valence-electron chi connectivity index (χ0n) is 10.9. The highest BCUT2D eigenvalue weighted by atomic mass is 16.2. The molecule has 1 saturated heterocycles. The minimum absolute atomic E-state index is 0.0137. The molecule has 2 amide bonds. The Hall–Kier alpha value is -1.55. The Morgan fingerprint density at radius 2 is 2.17 bits per heavy atom. The summed E-state index contributed by atoms with van der Waals surface area (Å²) in [5.41, 5.74) is 7.44. The van der Waals surface area contributed by atoms with Gasteiger partial charge in [0.05, 0.1) is 0 Å². The topological polar surface area (TPSA) is 58.4 Å². The number of nitrogens with two attached hydrogens (primary N) is 1. The molecule has 98 valence electrons. The third kappa shape index (κ3) is 2.82. The Morgan fingerprint density at radius 1 is 1.44 bits per heavy atom. The van der Waals surface area contributed by atoms with Gasteiger partial charge >= 0.3 is 6.03 Å². The number of carbonyl (C=O) groups is 1. The first-order chi connectivity index (χ1) is 8.74. The molecule has 1 heterocycles. The van der Waals surface area contributed by atoms with E-state index in [1.54, 1.807) is 0 Å². The lowest BCUT2D eigenvalue weighted by Gasteiger charge is -2.23. The molecule has 0 bridgehead atoms. The number of anilines is 1. The van der Waals surface area contributed by atoms with Crippen molar-refractivity contribution in [3.8, 4) is 0 Å². The van der Waals surface area contributed by atoms with E-state index in [2.05, 4.69) is 12.2 Å². The van der Waals surface area contributed by atoms with E-state index in [-0.39, 0.29) is 6.03 Å². The Labute approximate surface area is 108 Å². The minimum atomic E-state index is 0.0137. The van der Waals surface area contributed by atoms with Crippen LogP contribution in [0.5, 0.6) is 0 Å². The fourth-order valence-electron chi connectivity index (χ4n) is 2.45. The molecule has 3 N–H and O–H groups in total. The van der Waals surface area contributed by atoms with E-state index in [0.717, 1.165) is 37.1 Å². The third-order valence-electron chi connectivity index (χ3n) is 3.55. The fourth-order valence-corrected chi connectivity index (χ4v) is 2.45. The second-order valence-electron chi connectivity index (χ2n) is 4.73. The van der Waals surface area contributed by atoms with Crippen molar-refractivity contribution in [2.24, 2.45) is 5.73 Å². The number of nitrogens with zero attached hydrogens (tertiary/aromatic N) is 1. The molecule has 1 fully saturated rings. The molecule has 1 aliphatic heterocycles. The molecule has 1 atom stereocenters. The van der Waals surface area contributed by atoms with Crippen LogP contribution in [0.1, 0.15) is 31.7 Å². The fraction of sp³-hybridized carbons (Fsp3) is 0.500.